The lowest BCUT2D eigenvalue weighted by Crippen LogP contribution is -2.15. The normalized spacial score (nSPS) is 13.3. The molecule has 0 aliphatic heterocycles. The van der Waals surface area contributed by atoms with Crippen LogP contribution in [0.3, 0.4) is 0 Å². The number of aldehydes is 1. The van der Waals surface area contributed by atoms with Gasteiger partial charge in [-0.15, -0.1) is 0 Å². The van der Waals surface area contributed by atoms with Crippen LogP contribution < -0.4 is 0 Å². The van der Waals surface area contributed by atoms with Crippen molar-refractivity contribution in [2.75, 3.05) is 0 Å². The first kappa shape index (κ1) is 20.3. The number of hydrogen-bond donors (Lipinski definition) is 0. The number of rotatable bonds is 14. The molecule has 0 spiro atoms. The van der Waals surface area contributed by atoms with Gasteiger partial charge in [-0.1, -0.05) is 50.1 Å². The van der Waals surface area contributed by atoms with E-state index in [0.717, 1.165) is 32.0 Å². The maximum atomic E-state index is 11.0. The Morgan fingerprint density at radius 3 is 2.32 bits per heavy atom. The molecule has 0 rings (SSSR count). The van der Waals surface area contributed by atoms with Gasteiger partial charge in [0.1, 0.15) is 6.29 Å². The summed E-state index contributed by atoms with van der Waals surface area (Å²) < 4.78 is 0. The van der Waals surface area contributed by atoms with E-state index in [9.17, 15) is 14.9 Å². The monoisotopic (exact) mass is 307 g/mol. The number of allylic oxidation sites excluding steroid dienone is 4. The summed E-state index contributed by atoms with van der Waals surface area (Å²) in [7, 11) is 0. The first-order valence-corrected chi connectivity index (χ1v) is 8.27. The van der Waals surface area contributed by atoms with Crippen LogP contribution in [0.4, 0.5) is 0 Å². The molecular weight excluding hydrogens is 278 g/mol. The highest BCUT2D eigenvalue weighted by Gasteiger charge is 2.12. The van der Waals surface area contributed by atoms with Crippen LogP contribution >= 0.6 is 0 Å². The van der Waals surface area contributed by atoms with Crippen LogP contribution in [-0.4, -0.2) is 17.3 Å². The molecule has 0 N–H and O–H groups in total. The first-order chi connectivity index (χ1) is 10.7. The maximum absolute atomic E-state index is 11.0. The van der Waals surface area contributed by atoms with Gasteiger partial charge in [0.25, 0.3) is 0 Å². The third-order valence-electron chi connectivity index (χ3n) is 3.31. The Hall–Kier alpha value is -1.71. The zero-order valence-electron chi connectivity index (χ0n) is 13.7. The van der Waals surface area contributed by atoms with Crippen LogP contribution in [0, 0.1) is 10.1 Å². The van der Waals surface area contributed by atoms with Crippen molar-refractivity contribution in [2.45, 2.75) is 70.8 Å². The summed E-state index contributed by atoms with van der Waals surface area (Å²) in [6.45, 7) is 2.17. The van der Waals surface area contributed by atoms with Crippen molar-refractivity contribution in [3.8, 4) is 0 Å². The van der Waals surface area contributed by atoms with Gasteiger partial charge in [0.2, 0.25) is 6.04 Å². The summed E-state index contributed by atoms with van der Waals surface area (Å²) in [6.07, 6.45) is 20.5. The molecule has 0 amide bonds. The second-order valence-corrected chi connectivity index (χ2v) is 5.32. The van der Waals surface area contributed by atoms with E-state index in [4.69, 9.17) is 0 Å². The fourth-order valence-corrected chi connectivity index (χ4v) is 1.96. The summed E-state index contributed by atoms with van der Waals surface area (Å²) in [4.78, 5) is 20.9. The van der Waals surface area contributed by atoms with E-state index in [1.165, 1.54) is 19.3 Å². The summed E-state index contributed by atoms with van der Waals surface area (Å²) >= 11 is 0. The van der Waals surface area contributed by atoms with E-state index in [2.05, 4.69) is 13.0 Å². The van der Waals surface area contributed by atoms with E-state index in [1.54, 1.807) is 12.2 Å². The number of hydrogen-bond acceptors (Lipinski definition) is 3. The zero-order valence-corrected chi connectivity index (χ0v) is 13.7. The minimum absolute atomic E-state index is 0.252. The van der Waals surface area contributed by atoms with E-state index < -0.39 is 6.04 Å². The van der Waals surface area contributed by atoms with E-state index in [0.29, 0.717) is 12.8 Å². The van der Waals surface area contributed by atoms with Crippen LogP contribution in [0.5, 0.6) is 0 Å². The fourth-order valence-electron chi connectivity index (χ4n) is 1.96. The third-order valence-corrected chi connectivity index (χ3v) is 3.31. The van der Waals surface area contributed by atoms with Crippen molar-refractivity contribution >= 4 is 6.29 Å². The second-order valence-electron chi connectivity index (χ2n) is 5.32. The van der Waals surface area contributed by atoms with Gasteiger partial charge in [-0.05, 0) is 38.2 Å². The maximum Gasteiger partial charge on any atom is 0.234 e. The molecule has 0 saturated heterocycles. The number of carbonyl (C=O) groups is 1. The minimum Gasteiger partial charge on any atom is -0.303 e. The van der Waals surface area contributed by atoms with Crippen molar-refractivity contribution in [1.29, 1.82) is 0 Å². The van der Waals surface area contributed by atoms with Crippen molar-refractivity contribution in [3.63, 3.8) is 0 Å². The molecule has 1 atom stereocenters. The molecule has 1 unspecified atom stereocenters. The summed E-state index contributed by atoms with van der Waals surface area (Å²) in [5.41, 5.74) is 0. The topological polar surface area (TPSA) is 60.2 Å². The smallest absolute Gasteiger partial charge is 0.234 e. The Labute approximate surface area is 134 Å². The SMILES string of the molecule is CCCCC/C=C/C=C/C(C/C=C/CCCCC=O)[N+](=O)[O-]. The zero-order chi connectivity index (χ0) is 16.5. The second kappa shape index (κ2) is 15.7. The number of nitro groups is 1. The highest BCUT2D eigenvalue weighted by Crippen LogP contribution is 2.05. The molecule has 4 nitrogen and oxygen atoms in total. The van der Waals surface area contributed by atoms with E-state index in [1.807, 2.05) is 18.2 Å². The lowest BCUT2D eigenvalue weighted by Gasteiger charge is -2.00. The average molecular weight is 307 g/mol. The van der Waals surface area contributed by atoms with Crippen molar-refractivity contribution in [1.82, 2.24) is 0 Å². The average Bonchev–Trinajstić information content (AvgIpc) is 2.50. The van der Waals surface area contributed by atoms with Gasteiger partial charge >= 0.3 is 0 Å². The fraction of sp³-hybridized carbons (Fsp3) is 0.611. The molecule has 0 bridgehead atoms. The molecule has 0 aromatic heterocycles. The Morgan fingerprint density at radius 2 is 1.64 bits per heavy atom. The predicted molar refractivity (Wildman–Crippen MR) is 91.5 cm³/mol. The molecule has 0 aromatic carbocycles. The third kappa shape index (κ3) is 13.3. The molecule has 0 aliphatic carbocycles. The highest BCUT2D eigenvalue weighted by atomic mass is 16.6. The molecule has 0 heterocycles. The molecule has 124 valence electrons. The molecule has 0 saturated carbocycles. The Balaban J connectivity index is 3.97. The van der Waals surface area contributed by atoms with Crippen molar-refractivity contribution in [3.05, 3.63) is 46.6 Å². The van der Waals surface area contributed by atoms with E-state index in [-0.39, 0.29) is 4.92 Å². The summed E-state index contributed by atoms with van der Waals surface area (Å²) in [5, 5.41) is 11.0. The minimum atomic E-state index is -0.661. The van der Waals surface area contributed by atoms with Gasteiger partial charge in [-0.2, -0.15) is 0 Å². The first-order valence-electron chi connectivity index (χ1n) is 8.27. The quantitative estimate of drug-likeness (QED) is 0.113. The molecular formula is C18H29NO3. The molecule has 0 aromatic rings. The molecule has 0 aliphatic rings. The van der Waals surface area contributed by atoms with E-state index >= 15 is 0 Å². The Morgan fingerprint density at radius 1 is 0.955 bits per heavy atom. The number of carbonyl (C=O) groups excluding carboxylic acids is 1. The van der Waals surface area contributed by atoms with Gasteiger partial charge in [-0.3, -0.25) is 10.1 Å². The van der Waals surface area contributed by atoms with Crippen LogP contribution in [0.1, 0.15) is 64.7 Å². The van der Waals surface area contributed by atoms with Crippen LogP contribution in [0.25, 0.3) is 0 Å². The standard InChI is InChI=1S/C18H29NO3/c1-2-3-4-5-6-9-12-15-18(19(21)22)16-13-10-7-8-11-14-17-20/h6,9-10,12-13,15,17-18H,2-5,7-8,11,14,16H2,1H3/b9-6+,13-10+,15-12+. The van der Waals surface area contributed by atoms with Gasteiger partial charge in [0.15, 0.2) is 0 Å². The lowest BCUT2D eigenvalue weighted by molar-refractivity contribution is -0.508. The highest BCUT2D eigenvalue weighted by molar-refractivity contribution is 5.48. The summed E-state index contributed by atoms with van der Waals surface area (Å²) in [5.74, 6) is 0. The largest absolute Gasteiger partial charge is 0.303 e. The number of unbranched alkanes of at least 4 members (excludes halogenated alkanes) is 6. The Kier molecular flexibility index (Phi) is 14.5. The van der Waals surface area contributed by atoms with Crippen LogP contribution in [0.15, 0.2) is 36.5 Å². The van der Waals surface area contributed by atoms with Crippen LogP contribution in [0.2, 0.25) is 0 Å². The molecule has 0 radical (unpaired) electrons. The Bertz CT molecular complexity index is 373. The number of nitrogens with zero attached hydrogens (tertiary/aromatic N) is 1. The lowest BCUT2D eigenvalue weighted by atomic mass is 10.1. The van der Waals surface area contributed by atoms with Gasteiger partial charge in [0, 0.05) is 17.8 Å². The van der Waals surface area contributed by atoms with Crippen molar-refractivity contribution in [2.24, 2.45) is 0 Å². The van der Waals surface area contributed by atoms with Gasteiger partial charge < -0.3 is 4.79 Å². The van der Waals surface area contributed by atoms with Gasteiger partial charge in [0.05, 0.1) is 0 Å². The predicted octanol–water partition coefficient (Wildman–Crippen LogP) is 5.03. The van der Waals surface area contributed by atoms with Gasteiger partial charge in [-0.25, -0.2) is 0 Å². The molecule has 22 heavy (non-hydrogen) atoms. The van der Waals surface area contributed by atoms with Crippen molar-refractivity contribution < 1.29 is 9.72 Å². The summed E-state index contributed by atoms with van der Waals surface area (Å²) in [6, 6.07) is -0.661. The molecule has 0 fully saturated rings. The van der Waals surface area contributed by atoms with Crippen LogP contribution in [-0.2, 0) is 4.79 Å². The molecule has 4 heteroatoms.